The first-order valence-corrected chi connectivity index (χ1v) is 9.71. The molecule has 0 saturated carbocycles. The van der Waals surface area contributed by atoms with Gasteiger partial charge >= 0.3 is 5.97 Å². The molecule has 0 fully saturated rings. The molecular weight excluding hydrogens is 416 g/mol. The van der Waals surface area contributed by atoms with Crippen LogP contribution < -0.4 is 5.32 Å². The topological polar surface area (TPSA) is 108 Å². The first-order chi connectivity index (χ1) is 14.8. The summed E-state index contributed by atoms with van der Waals surface area (Å²) < 4.78 is 1.62. The number of carboxylic acid groups (broad SMARTS) is 1. The highest BCUT2D eigenvalue weighted by Crippen LogP contribution is 2.24. The fourth-order valence-corrected chi connectivity index (χ4v) is 3.18. The van der Waals surface area contributed by atoms with Gasteiger partial charge in [-0.3, -0.25) is 4.79 Å². The summed E-state index contributed by atoms with van der Waals surface area (Å²) in [6.45, 7) is 4.21. The molecular formula is C23H19ClN4O3. The number of benzene rings is 2. The molecule has 0 spiro atoms. The molecule has 0 aliphatic rings. The van der Waals surface area contributed by atoms with E-state index < -0.39 is 11.9 Å². The van der Waals surface area contributed by atoms with Gasteiger partial charge in [0.15, 0.2) is 0 Å². The molecule has 7 nitrogen and oxygen atoms in total. The molecule has 0 aliphatic heterocycles. The molecule has 0 aliphatic carbocycles. The Morgan fingerprint density at radius 2 is 1.81 bits per heavy atom. The number of carbonyl (C=O) groups is 2. The molecule has 31 heavy (non-hydrogen) atoms. The van der Waals surface area contributed by atoms with Crippen molar-refractivity contribution in [1.82, 2.24) is 9.78 Å². The zero-order valence-corrected chi connectivity index (χ0v) is 17.6. The number of nitrogens with zero attached hydrogens (tertiary/aromatic N) is 3. The van der Waals surface area contributed by atoms with Crippen molar-refractivity contribution in [1.29, 1.82) is 5.26 Å². The number of rotatable bonds is 6. The zero-order chi connectivity index (χ0) is 22.5. The second-order valence-electron chi connectivity index (χ2n) is 6.94. The lowest BCUT2D eigenvalue weighted by atomic mass is 10.1. The molecule has 2 N–H and O–H groups in total. The van der Waals surface area contributed by atoms with Gasteiger partial charge in [0, 0.05) is 11.3 Å². The van der Waals surface area contributed by atoms with Crippen LogP contribution in [0.15, 0.2) is 54.1 Å². The summed E-state index contributed by atoms with van der Waals surface area (Å²) >= 11 is 6.48. The van der Waals surface area contributed by atoms with E-state index in [1.807, 2.05) is 37.3 Å². The van der Waals surface area contributed by atoms with Gasteiger partial charge in [-0.25, -0.2) is 9.48 Å². The Morgan fingerprint density at radius 1 is 1.16 bits per heavy atom. The highest BCUT2D eigenvalue weighted by atomic mass is 35.5. The monoisotopic (exact) mass is 434 g/mol. The lowest BCUT2D eigenvalue weighted by molar-refractivity contribution is -0.112. The predicted molar refractivity (Wildman–Crippen MR) is 118 cm³/mol. The van der Waals surface area contributed by atoms with Gasteiger partial charge < -0.3 is 10.4 Å². The van der Waals surface area contributed by atoms with Crippen molar-refractivity contribution < 1.29 is 14.7 Å². The average Bonchev–Trinajstić information content (AvgIpc) is 3.00. The van der Waals surface area contributed by atoms with Crippen molar-refractivity contribution in [3.05, 3.63) is 87.2 Å². The SMILES string of the molecule is Cc1ccc(Cn2nc(C)c(/C=C(\C#N)C(=O)Nc3ccc(C(=O)O)cc3)c2Cl)cc1. The van der Waals surface area contributed by atoms with Crippen LogP contribution in [0.4, 0.5) is 5.69 Å². The maximum atomic E-state index is 12.5. The number of amides is 1. The number of hydrogen-bond donors (Lipinski definition) is 2. The number of nitrogens with one attached hydrogen (secondary N) is 1. The van der Waals surface area contributed by atoms with Gasteiger partial charge in [0.25, 0.3) is 5.91 Å². The number of halogens is 1. The van der Waals surface area contributed by atoms with E-state index in [9.17, 15) is 14.9 Å². The highest BCUT2D eigenvalue weighted by molar-refractivity contribution is 6.31. The number of carboxylic acids is 1. The molecule has 156 valence electrons. The maximum Gasteiger partial charge on any atom is 0.335 e. The number of carbonyl (C=O) groups excluding carboxylic acids is 1. The fourth-order valence-electron chi connectivity index (χ4n) is 2.89. The van der Waals surface area contributed by atoms with E-state index in [1.165, 1.54) is 30.3 Å². The number of anilines is 1. The number of aromatic nitrogens is 2. The molecule has 0 saturated heterocycles. The van der Waals surface area contributed by atoms with Crippen molar-refractivity contribution in [3.63, 3.8) is 0 Å². The number of nitriles is 1. The van der Waals surface area contributed by atoms with Crippen LogP contribution in [0, 0.1) is 25.2 Å². The molecule has 3 rings (SSSR count). The van der Waals surface area contributed by atoms with E-state index in [-0.39, 0.29) is 11.1 Å². The van der Waals surface area contributed by atoms with Crippen molar-refractivity contribution in [3.8, 4) is 6.07 Å². The number of aromatic carboxylic acids is 1. The Hall–Kier alpha value is -3.89. The third-order valence-electron chi connectivity index (χ3n) is 4.61. The van der Waals surface area contributed by atoms with E-state index in [0.717, 1.165) is 11.1 Å². The van der Waals surface area contributed by atoms with E-state index >= 15 is 0 Å². The Labute approximate surface area is 184 Å². The Kier molecular flexibility index (Phi) is 6.53. The van der Waals surface area contributed by atoms with Crippen molar-refractivity contribution in [2.45, 2.75) is 20.4 Å². The summed E-state index contributed by atoms with van der Waals surface area (Å²) in [4.78, 5) is 23.5. The van der Waals surface area contributed by atoms with Crippen molar-refractivity contribution in [2.75, 3.05) is 5.32 Å². The second-order valence-corrected chi connectivity index (χ2v) is 7.30. The maximum absolute atomic E-state index is 12.5. The van der Waals surface area contributed by atoms with Crippen LogP contribution in [0.5, 0.6) is 0 Å². The smallest absolute Gasteiger partial charge is 0.335 e. The second kappa shape index (κ2) is 9.28. The number of aryl methyl sites for hydroxylation is 2. The van der Waals surface area contributed by atoms with E-state index in [1.54, 1.807) is 11.6 Å². The van der Waals surface area contributed by atoms with Crippen LogP contribution in [0.1, 0.15) is 32.7 Å². The van der Waals surface area contributed by atoms with Crippen LogP contribution in [0.25, 0.3) is 6.08 Å². The lowest BCUT2D eigenvalue weighted by Crippen LogP contribution is -2.13. The van der Waals surface area contributed by atoms with Gasteiger partial charge in [0.2, 0.25) is 0 Å². The Bertz CT molecular complexity index is 1200. The van der Waals surface area contributed by atoms with Crippen molar-refractivity contribution >= 4 is 35.2 Å². The summed E-state index contributed by atoms with van der Waals surface area (Å²) in [6.07, 6.45) is 1.40. The summed E-state index contributed by atoms with van der Waals surface area (Å²) in [5.41, 5.74) is 3.56. The molecule has 0 bridgehead atoms. The van der Waals surface area contributed by atoms with Crippen molar-refractivity contribution in [2.24, 2.45) is 0 Å². The molecule has 1 aromatic heterocycles. The summed E-state index contributed by atoms with van der Waals surface area (Å²) in [5.74, 6) is -1.70. The van der Waals surface area contributed by atoms with Gasteiger partial charge in [-0.1, -0.05) is 41.4 Å². The lowest BCUT2D eigenvalue weighted by Gasteiger charge is -2.05. The third-order valence-corrected chi connectivity index (χ3v) is 5.00. The summed E-state index contributed by atoms with van der Waals surface area (Å²) in [7, 11) is 0. The fraction of sp³-hybridized carbons (Fsp3) is 0.130. The molecule has 8 heteroatoms. The van der Waals surface area contributed by atoms with Gasteiger partial charge in [-0.05, 0) is 49.8 Å². The molecule has 0 radical (unpaired) electrons. The highest BCUT2D eigenvalue weighted by Gasteiger charge is 2.16. The number of hydrogen-bond acceptors (Lipinski definition) is 4. The molecule has 0 unspecified atom stereocenters. The molecule has 1 amide bonds. The van der Waals surface area contributed by atoms with Crippen LogP contribution >= 0.6 is 11.6 Å². The molecule has 1 heterocycles. The predicted octanol–water partition coefficient (Wildman–Crippen LogP) is 4.45. The summed E-state index contributed by atoms with van der Waals surface area (Å²) in [6, 6.07) is 15.5. The van der Waals surface area contributed by atoms with Crippen LogP contribution in [-0.4, -0.2) is 26.8 Å². The largest absolute Gasteiger partial charge is 0.478 e. The van der Waals surface area contributed by atoms with Crippen LogP contribution in [-0.2, 0) is 11.3 Å². The van der Waals surface area contributed by atoms with Gasteiger partial charge in [0.1, 0.15) is 16.8 Å². The minimum absolute atomic E-state index is 0.0949. The first-order valence-electron chi connectivity index (χ1n) is 9.33. The van der Waals surface area contributed by atoms with Crippen LogP contribution in [0.2, 0.25) is 5.15 Å². The minimum atomic E-state index is -1.07. The van der Waals surface area contributed by atoms with E-state index in [2.05, 4.69) is 10.4 Å². The third kappa shape index (κ3) is 5.18. The molecule has 2 aromatic carbocycles. The van der Waals surface area contributed by atoms with Gasteiger partial charge in [0.05, 0.1) is 17.8 Å². The van der Waals surface area contributed by atoms with Crippen LogP contribution in [0.3, 0.4) is 0 Å². The average molecular weight is 435 g/mol. The van der Waals surface area contributed by atoms with E-state index in [0.29, 0.717) is 28.6 Å². The zero-order valence-electron chi connectivity index (χ0n) is 16.9. The Balaban J connectivity index is 1.82. The molecule has 0 atom stereocenters. The minimum Gasteiger partial charge on any atom is -0.478 e. The Morgan fingerprint density at radius 3 is 2.39 bits per heavy atom. The van der Waals surface area contributed by atoms with E-state index in [4.69, 9.17) is 16.7 Å². The van der Waals surface area contributed by atoms with Gasteiger partial charge in [-0.15, -0.1) is 0 Å². The first kappa shape index (κ1) is 21.8. The summed E-state index contributed by atoms with van der Waals surface area (Å²) in [5, 5.41) is 25.8. The standard InChI is InChI=1S/C23H19ClN4O3/c1-14-3-5-16(6-4-14)13-28-21(24)20(15(2)27-28)11-18(12-25)22(29)26-19-9-7-17(8-10-19)23(30)31/h3-11H,13H2,1-2H3,(H,26,29)(H,30,31)/b18-11+. The molecule has 3 aromatic rings. The van der Waals surface area contributed by atoms with Gasteiger partial charge in [-0.2, -0.15) is 10.4 Å². The normalized spacial score (nSPS) is 11.1. The quantitative estimate of drug-likeness (QED) is 0.440.